The van der Waals surface area contributed by atoms with Crippen LogP contribution < -0.4 is 4.90 Å². The lowest BCUT2D eigenvalue weighted by Gasteiger charge is -2.46. The van der Waals surface area contributed by atoms with E-state index in [2.05, 4.69) is 23.6 Å². The fraction of sp³-hybridized carbons (Fsp3) is 0.640. The first-order chi connectivity index (χ1) is 14.4. The second kappa shape index (κ2) is 7.67. The number of carbonyl (C=O) groups is 1. The van der Waals surface area contributed by atoms with Gasteiger partial charge in [0.1, 0.15) is 11.9 Å². The predicted octanol–water partition coefficient (Wildman–Crippen LogP) is 4.41. The Balaban J connectivity index is 1.24. The fourth-order valence-electron chi connectivity index (χ4n) is 6.44. The third-order valence-corrected chi connectivity index (χ3v) is 8.20. The van der Waals surface area contributed by atoms with E-state index < -0.39 is 0 Å². The topological polar surface area (TPSA) is 32.8 Å². The monoisotopic (exact) mass is 412 g/mol. The molecule has 0 unspecified atom stereocenters. The quantitative estimate of drug-likeness (QED) is 0.544. The highest BCUT2D eigenvalue weighted by Crippen LogP contribution is 2.55. The van der Waals surface area contributed by atoms with Gasteiger partial charge in [-0.15, -0.1) is 0 Å². The minimum absolute atomic E-state index is 0.000789. The normalized spacial score (nSPS) is 34.6. The molecule has 4 aliphatic rings. The van der Waals surface area contributed by atoms with Crippen LogP contribution in [0.5, 0.6) is 0 Å². The van der Waals surface area contributed by atoms with Gasteiger partial charge in [-0.25, -0.2) is 4.39 Å². The van der Waals surface area contributed by atoms with E-state index in [1.54, 1.807) is 11.1 Å². The van der Waals surface area contributed by atoms with Crippen molar-refractivity contribution in [1.29, 1.82) is 0 Å². The lowest BCUT2D eigenvalue weighted by molar-refractivity contribution is -0.145. The van der Waals surface area contributed by atoms with E-state index in [1.165, 1.54) is 31.4 Å². The van der Waals surface area contributed by atoms with Crippen LogP contribution in [0.4, 0.5) is 10.1 Å². The molecule has 0 radical (unpaired) electrons. The maximum absolute atomic E-state index is 13.2. The molecule has 0 bridgehead atoms. The summed E-state index contributed by atoms with van der Waals surface area (Å²) in [5.74, 6) is 0.160. The zero-order chi connectivity index (χ0) is 20.9. The summed E-state index contributed by atoms with van der Waals surface area (Å²) in [5.41, 5.74) is 4.50. The van der Waals surface area contributed by atoms with Gasteiger partial charge in [-0.1, -0.05) is 18.1 Å². The van der Waals surface area contributed by atoms with E-state index in [0.717, 1.165) is 51.3 Å². The average Bonchev–Trinajstić information content (AvgIpc) is 3.01. The molecule has 162 valence electrons. The van der Waals surface area contributed by atoms with Crippen molar-refractivity contribution in [2.24, 2.45) is 17.3 Å². The number of benzene rings is 1. The van der Waals surface area contributed by atoms with Crippen LogP contribution in [0.2, 0.25) is 0 Å². The summed E-state index contributed by atoms with van der Waals surface area (Å²) in [7, 11) is 0. The van der Waals surface area contributed by atoms with Crippen molar-refractivity contribution in [3.8, 4) is 0 Å². The number of esters is 1. The molecule has 5 heteroatoms. The molecule has 2 aliphatic heterocycles. The number of hydrogen-bond donors (Lipinski definition) is 0. The summed E-state index contributed by atoms with van der Waals surface area (Å²) in [4.78, 5) is 17.5. The molecule has 4 atom stereocenters. The Morgan fingerprint density at radius 2 is 1.90 bits per heavy atom. The minimum atomic E-state index is -0.196. The van der Waals surface area contributed by atoms with Crippen molar-refractivity contribution in [2.75, 3.05) is 37.6 Å². The Bertz CT molecular complexity index is 843. The molecule has 4 nitrogen and oxygen atoms in total. The van der Waals surface area contributed by atoms with Gasteiger partial charge in [-0.05, 0) is 68.7 Å². The number of carbonyl (C=O) groups excluding carboxylic acids is 1. The van der Waals surface area contributed by atoms with Crippen molar-refractivity contribution in [3.05, 3.63) is 41.2 Å². The van der Waals surface area contributed by atoms with Crippen LogP contribution in [-0.2, 0) is 9.53 Å². The molecule has 3 fully saturated rings. The molecule has 0 aromatic heterocycles. The van der Waals surface area contributed by atoms with Gasteiger partial charge in [-0.3, -0.25) is 9.69 Å². The lowest BCUT2D eigenvalue weighted by Crippen LogP contribution is -2.49. The van der Waals surface area contributed by atoms with Crippen LogP contribution in [-0.4, -0.2) is 49.7 Å². The number of rotatable bonds is 3. The standard InChI is InChI=1S/C25H33FN2O2/c1-17-4-3-9-25(2)15-23-20(14-22(17)25)21(24(29)30-23)16-27-10-12-28(13-11-27)19-7-5-18(26)6-8-19/h5-8,20-21,23H,3-4,9-16H2,1-2H3/t20-,21+,23-,25-/m1/s1. The van der Waals surface area contributed by atoms with Gasteiger partial charge in [0.2, 0.25) is 0 Å². The summed E-state index contributed by atoms with van der Waals surface area (Å²) >= 11 is 0. The van der Waals surface area contributed by atoms with Gasteiger partial charge >= 0.3 is 5.97 Å². The van der Waals surface area contributed by atoms with Gasteiger partial charge in [0.15, 0.2) is 0 Å². The molecule has 0 spiro atoms. The number of anilines is 1. The van der Waals surface area contributed by atoms with Crippen LogP contribution >= 0.6 is 0 Å². The maximum atomic E-state index is 13.2. The van der Waals surface area contributed by atoms with E-state index in [4.69, 9.17) is 4.74 Å². The predicted molar refractivity (Wildman–Crippen MR) is 116 cm³/mol. The minimum Gasteiger partial charge on any atom is -0.462 e. The maximum Gasteiger partial charge on any atom is 0.310 e. The zero-order valence-electron chi connectivity index (χ0n) is 18.2. The van der Waals surface area contributed by atoms with E-state index in [9.17, 15) is 9.18 Å². The van der Waals surface area contributed by atoms with E-state index in [0.29, 0.717) is 5.92 Å². The van der Waals surface area contributed by atoms with Gasteiger partial charge in [0.05, 0.1) is 5.92 Å². The first-order valence-corrected chi connectivity index (χ1v) is 11.6. The Labute approximate surface area is 179 Å². The third-order valence-electron chi connectivity index (χ3n) is 8.20. The number of fused-ring (bicyclic) bond motifs is 2. The highest BCUT2D eigenvalue weighted by molar-refractivity contribution is 5.76. The molecular formula is C25H33FN2O2. The number of halogens is 1. The van der Waals surface area contributed by atoms with Gasteiger partial charge in [-0.2, -0.15) is 0 Å². The van der Waals surface area contributed by atoms with Crippen molar-refractivity contribution < 1.29 is 13.9 Å². The fourth-order valence-corrected chi connectivity index (χ4v) is 6.44. The van der Waals surface area contributed by atoms with E-state index in [-0.39, 0.29) is 29.2 Å². The van der Waals surface area contributed by atoms with E-state index >= 15 is 0 Å². The number of hydrogen-bond acceptors (Lipinski definition) is 4. The molecule has 0 N–H and O–H groups in total. The van der Waals surface area contributed by atoms with Gasteiger partial charge in [0.25, 0.3) is 0 Å². The van der Waals surface area contributed by atoms with Crippen molar-refractivity contribution in [2.45, 2.75) is 52.1 Å². The van der Waals surface area contributed by atoms with Crippen molar-refractivity contribution >= 4 is 11.7 Å². The average molecular weight is 413 g/mol. The molecule has 2 aliphatic carbocycles. The summed E-state index contributed by atoms with van der Waals surface area (Å²) in [6, 6.07) is 6.75. The molecule has 2 saturated heterocycles. The second-order valence-corrected chi connectivity index (χ2v) is 10.1. The molecular weight excluding hydrogens is 379 g/mol. The first kappa shape index (κ1) is 20.0. The Morgan fingerprint density at radius 1 is 1.17 bits per heavy atom. The first-order valence-electron chi connectivity index (χ1n) is 11.6. The lowest BCUT2D eigenvalue weighted by atomic mass is 9.59. The molecule has 0 amide bonds. The summed E-state index contributed by atoms with van der Waals surface area (Å²) in [5, 5.41) is 0. The van der Waals surface area contributed by atoms with Crippen LogP contribution in [0.3, 0.4) is 0 Å². The molecule has 1 saturated carbocycles. The Morgan fingerprint density at radius 3 is 2.63 bits per heavy atom. The zero-order valence-corrected chi connectivity index (χ0v) is 18.2. The molecule has 1 aromatic rings. The van der Waals surface area contributed by atoms with Gasteiger partial charge < -0.3 is 9.64 Å². The van der Waals surface area contributed by atoms with Crippen LogP contribution in [0, 0.1) is 23.1 Å². The van der Waals surface area contributed by atoms with E-state index in [1.807, 2.05) is 12.1 Å². The largest absolute Gasteiger partial charge is 0.462 e. The SMILES string of the molecule is CC1=C2C[C@@H]3[C@H](CN4CCN(c5ccc(F)cc5)CC4)C(=O)O[C@@H]3C[C@@]2(C)CCC1. The smallest absolute Gasteiger partial charge is 0.310 e. The molecule has 30 heavy (non-hydrogen) atoms. The summed E-state index contributed by atoms with van der Waals surface area (Å²) in [6.07, 6.45) is 5.86. The summed E-state index contributed by atoms with van der Waals surface area (Å²) < 4.78 is 19.1. The number of piperazine rings is 1. The highest BCUT2D eigenvalue weighted by Gasteiger charge is 2.53. The second-order valence-electron chi connectivity index (χ2n) is 10.1. The van der Waals surface area contributed by atoms with Crippen molar-refractivity contribution in [1.82, 2.24) is 4.90 Å². The molecule has 2 heterocycles. The van der Waals surface area contributed by atoms with Crippen LogP contribution in [0.15, 0.2) is 35.4 Å². The third kappa shape index (κ3) is 3.55. The number of ether oxygens (including phenoxy) is 1. The van der Waals surface area contributed by atoms with Gasteiger partial charge in [0, 0.05) is 44.3 Å². The van der Waals surface area contributed by atoms with Crippen molar-refractivity contribution in [3.63, 3.8) is 0 Å². The Kier molecular flexibility index (Phi) is 5.12. The van der Waals surface area contributed by atoms with Crippen LogP contribution in [0.25, 0.3) is 0 Å². The number of nitrogens with zero attached hydrogens (tertiary/aromatic N) is 2. The molecule has 1 aromatic carbocycles. The highest BCUT2D eigenvalue weighted by atomic mass is 19.1. The Hall–Kier alpha value is -1.88. The summed E-state index contributed by atoms with van der Waals surface area (Å²) in [6.45, 7) is 9.16. The number of allylic oxidation sites excluding steroid dienone is 2. The van der Waals surface area contributed by atoms with Crippen LogP contribution in [0.1, 0.15) is 46.0 Å². The molecule has 5 rings (SSSR count).